The third kappa shape index (κ3) is 4.40. The van der Waals surface area contributed by atoms with Gasteiger partial charge in [0.25, 0.3) is 11.5 Å². The summed E-state index contributed by atoms with van der Waals surface area (Å²) in [5.74, 6) is -1.41. The van der Waals surface area contributed by atoms with Gasteiger partial charge in [-0.3, -0.25) is 14.2 Å². The molecular formula is C18H17BF3N5O3S. The van der Waals surface area contributed by atoms with Gasteiger partial charge in [0.2, 0.25) is 0 Å². The molecule has 31 heavy (non-hydrogen) atoms. The van der Waals surface area contributed by atoms with Crippen LogP contribution in [-0.4, -0.2) is 32.5 Å². The molecule has 1 amide bonds. The molecule has 0 atom stereocenters. The second-order valence-corrected chi connectivity index (χ2v) is 6.38. The van der Waals surface area contributed by atoms with Crippen LogP contribution >= 0.6 is 12.5 Å². The first-order valence-electron chi connectivity index (χ1n) is 8.46. The number of nitrogen functional groups attached to an aromatic ring is 1. The van der Waals surface area contributed by atoms with E-state index < -0.39 is 17.8 Å². The smallest absolute Gasteiger partial charge is 0.504 e. The summed E-state index contributed by atoms with van der Waals surface area (Å²) >= 11 is 3.03. The molecule has 2 radical (unpaired) electrons. The average Bonchev–Trinajstić information content (AvgIpc) is 3.19. The van der Waals surface area contributed by atoms with Gasteiger partial charge in [-0.25, -0.2) is 12.5 Å². The molecule has 2 aromatic heterocycles. The van der Waals surface area contributed by atoms with E-state index in [0.29, 0.717) is 11.8 Å². The molecule has 1 aromatic carbocycles. The van der Waals surface area contributed by atoms with Crippen LogP contribution in [0.1, 0.15) is 21.5 Å². The maximum absolute atomic E-state index is 13.2. The SMILES string of the molecule is Cc1ccc(O)c(C)c1-n1c(N)c(C(N)=O)cc(-c2cnn(C(F)(F)F)c2)c1=O.[B]S. The van der Waals surface area contributed by atoms with Gasteiger partial charge in [-0.1, -0.05) is 6.07 Å². The van der Waals surface area contributed by atoms with Gasteiger partial charge in [0.05, 0.1) is 23.0 Å². The number of amides is 1. The lowest BCUT2D eigenvalue weighted by molar-refractivity contribution is -0.212. The van der Waals surface area contributed by atoms with Gasteiger partial charge in [-0.15, -0.1) is 13.2 Å². The highest BCUT2D eigenvalue weighted by molar-refractivity contribution is 8.03. The highest BCUT2D eigenvalue weighted by Crippen LogP contribution is 2.30. The number of carbonyl (C=O) groups is 1. The minimum Gasteiger partial charge on any atom is -0.508 e. The number of pyridine rings is 1. The van der Waals surface area contributed by atoms with Crippen LogP contribution < -0.4 is 17.0 Å². The molecule has 0 aliphatic carbocycles. The molecule has 0 fully saturated rings. The molecule has 0 aliphatic rings. The van der Waals surface area contributed by atoms with Crippen LogP contribution in [0, 0.1) is 13.8 Å². The number of primary amides is 1. The van der Waals surface area contributed by atoms with E-state index in [1.165, 1.54) is 19.1 Å². The Morgan fingerprint density at radius 2 is 1.87 bits per heavy atom. The molecule has 0 spiro atoms. The van der Waals surface area contributed by atoms with Gasteiger partial charge in [0.15, 0.2) is 7.12 Å². The molecule has 13 heteroatoms. The fourth-order valence-corrected chi connectivity index (χ4v) is 3.03. The summed E-state index contributed by atoms with van der Waals surface area (Å²) < 4.78 is 39.3. The Kier molecular flexibility index (Phi) is 6.79. The molecule has 2 heterocycles. The van der Waals surface area contributed by atoms with Crippen molar-refractivity contribution in [2.24, 2.45) is 5.73 Å². The van der Waals surface area contributed by atoms with Crippen molar-refractivity contribution in [1.82, 2.24) is 14.3 Å². The maximum atomic E-state index is 13.2. The number of halogens is 3. The summed E-state index contributed by atoms with van der Waals surface area (Å²) in [6, 6.07) is 3.98. The minimum absolute atomic E-state index is 0.132. The van der Waals surface area contributed by atoms with Crippen molar-refractivity contribution in [3.05, 3.63) is 57.6 Å². The lowest BCUT2D eigenvalue weighted by atomic mass is 10.0. The number of nitrogens with zero attached hydrogens (tertiary/aromatic N) is 3. The number of rotatable bonds is 3. The van der Waals surface area contributed by atoms with Crippen molar-refractivity contribution in [1.29, 1.82) is 0 Å². The second-order valence-electron chi connectivity index (χ2n) is 6.38. The Hall–Kier alpha value is -3.35. The Bertz CT molecular complexity index is 1210. The van der Waals surface area contributed by atoms with E-state index in [4.69, 9.17) is 11.5 Å². The van der Waals surface area contributed by atoms with Gasteiger partial charge >= 0.3 is 6.30 Å². The molecule has 0 bridgehead atoms. The monoisotopic (exact) mass is 451 g/mol. The fraction of sp³-hybridized carbons (Fsp3) is 0.167. The quantitative estimate of drug-likeness (QED) is 0.359. The molecule has 0 aliphatic heterocycles. The molecule has 0 saturated carbocycles. The number of aryl methyl sites for hydroxylation is 1. The predicted octanol–water partition coefficient (Wildman–Crippen LogP) is 2.18. The fourth-order valence-electron chi connectivity index (χ4n) is 3.03. The van der Waals surface area contributed by atoms with Gasteiger partial charge in [0, 0.05) is 17.3 Å². The van der Waals surface area contributed by atoms with E-state index in [2.05, 4.69) is 24.7 Å². The molecule has 0 saturated heterocycles. The first-order chi connectivity index (χ1) is 14.4. The molecule has 3 aromatic rings. The van der Waals surface area contributed by atoms with Gasteiger partial charge in [0.1, 0.15) is 11.6 Å². The van der Waals surface area contributed by atoms with Crippen molar-refractivity contribution in [2.45, 2.75) is 20.1 Å². The number of hydrogen-bond donors (Lipinski definition) is 4. The number of benzene rings is 1. The van der Waals surface area contributed by atoms with Crippen LogP contribution in [0.25, 0.3) is 16.8 Å². The Morgan fingerprint density at radius 3 is 2.39 bits per heavy atom. The molecule has 0 unspecified atom stereocenters. The number of carbonyl (C=O) groups excluding carboxylic acids is 1. The lowest BCUT2D eigenvalue weighted by Gasteiger charge is -2.19. The van der Waals surface area contributed by atoms with Crippen LogP contribution in [0.4, 0.5) is 19.0 Å². The standard InChI is InChI=1S/C18H16F3N5O3.BHS/c1-8-3-4-13(27)9(2)14(8)26-15(22)12(16(23)28)5-11(17(26)29)10-6-24-25(7-10)18(19,20)21;1-2/h3-7,27H,22H2,1-2H3,(H2,23,28);2H. The Balaban J connectivity index is 0.00000166. The molecule has 162 valence electrons. The summed E-state index contributed by atoms with van der Waals surface area (Å²) in [5.41, 5.74) is 10.9. The number of alkyl halides is 3. The van der Waals surface area contributed by atoms with Crippen molar-refractivity contribution < 1.29 is 23.1 Å². The summed E-state index contributed by atoms with van der Waals surface area (Å²) in [5, 5.41) is 13.2. The summed E-state index contributed by atoms with van der Waals surface area (Å²) in [6.07, 6.45) is -3.32. The number of phenolic OH excluding ortho intramolecular Hbond substituents is 1. The molecule has 8 nitrogen and oxygen atoms in total. The number of hydrogen-bond acceptors (Lipinski definition) is 6. The summed E-state index contributed by atoms with van der Waals surface area (Å²) in [7, 11) is 4.19. The van der Waals surface area contributed by atoms with Crippen molar-refractivity contribution >= 4 is 31.3 Å². The normalized spacial score (nSPS) is 11.0. The highest BCUT2D eigenvalue weighted by atomic mass is 32.1. The molecular weight excluding hydrogens is 434 g/mol. The predicted molar refractivity (Wildman–Crippen MR) is 113 cm³/mol. The van der Waals surface area contributed by atoms with E-state index >= 15 is 0 Å². The molecule has 5 N–H and O–H groups in total. The topological polar surface area (TPSA) is 129 Å². The first kappa shape index (κ1) is 23.9. The van der Waals surface area contributed by atoms with E-state index in [-0.39, 0.29) is 44.2 Å². The van der Waals surface area contributed by atoms with Crippen LogP contribution in [-0.2, 0) is 6.30 Å². The second kappa shape index (κ2) is 8.80. The van der Waals surface area contributed by atoms with Crippen LogP contribution in [0.3, 0.4) is 0 Å². The number of anilines is 1. The largest absolute Gasteiger partial charge is 0.508 e. The zero-order valence-electron chi connectivity index (χ0n) is 16.3. The zero-order valence-corrected chi connectivity index (χ0v) is 17.2. The van der Waals surface area contributed by atoms with E-state index in [1.807, 2.05) is 0 Å². The average molecular weight is 451 g/mol. The highest BCUT2D eigenvalue weighted by Gasteiger charge is 2.32. The van der Waals surface area contributed by atoms with Crippen molar-refractivity contribution in [2.75, 3.05) is 5.73 Å². The van der Waals surface area contributed by atoms with Crippen molar-refractivity contribution in [3.8, 4) is 22.6 Å². The van der Waals surface area contributed by atoms with Crippen LogP contribution in [0.15, 0.2) is 35.4 Å². The third-order valence-electron chi connectivity index (χ3n) is 4.49. The van der Waals surface area contributed by atoms with Crippen molar-refractivity contribution in [3.63, 3.8) is 0 Å². The minimum atomic E-state index is -4.78. The number of nitrogens with two attached hydrogens (primary N) is 2. The molecule has 3 rings (SSSR count). The van der Waals surface area contributed by atoms with Gasteiger partial charge < -0.3 is 16.6 Å². The van der Waals surface area contributed by atoms with Crippen LogP contribution in [0.2, 0.25) is 0 Å². The van der Waals surface area contributed by atoms with Crippen LogP contribution in [0.5, 0.6) is 5.75 Å². The number of thiol groups is 1. The summed E-state index contributed by atoms with van der Waals surface area (Å²) in [4.78, 5) is 25.0. The lowest BCUT2D eigenvalue weighted by Crippen LogP contribution is -2.28. The zero-order chi connectivity index (χ0) is 23.7. The van der Waals surface area contributed by atoms with E-state index in [9.17, 15) is 27.9 Å². The maximum Gasteiger partial charge on any atom is 0.504 e. The van der Waals surface area contributed by atoms with E-state index in [0.717, 1.165) is 16.8 Å². The van der Waals surface area contributed by atoms with Gasteiger partial charge in [-0.2, -0.15) is 9.78 Å². The number of aromatic nitrogens is 3. The number of aromatic hydroxyl groups is 1. The Labute approximate surface area is 181 Å². The Morgan fingerprint density at radius 1 is 1.26 bits per heavy atom. The third-order valence-corrected chi connectivity index (χ3v) is 4.49. The van der Waals surface area contributed by atoms with Gasteiger partial charge in [-0.05, 0) is 31.5 Å². The van der Waals surface area contributed by atoms with E-state index in [1.54, 1.807) is 6.92 Å². The number of phenols is 1. The summed E-state index contributed by atoms with van der Waals surface area (Å²) in [6.45, 7) is 3.17. The first-order valence-corrected chi connectivity index (χ1v) is 8.98.